The predicted octanol–water partition coefficient (Wildman–Crippen LogP) is 2.27. The molecule has 1 aromatic carbocycles. The lowest BCUT2D eigenvalue weighted by Crippen LogP contribution is -2.29. The molecule has 1 heterocycles. The number of hydrogen-bond donors (Lipinski definition) is 0. The minimum atomic E-state index is -3.53. The molecule has 0 aromatic heterocycles. The smallest absolute Gasteiger partial charge is 0.309 e. The van der Waals surface area contributed by atoms with Crippen molar-refractivity contribution in [3.63, 3.8) is 0 Å². The molecular weight excluding hydrogens is 302 g/mol. The molecule has 0 unspecified atom stereocenters. The summed E-state index contributed by atoms with van der Waals surface area (Å²) in [4.78, 5) is 11.9. The van der Waals surface area contributed by atoms with Gasteiger partial charge in [0.2, 0.25) is 10.0 Å². The van der Waals surface area contributed by atoms with Crippen LogP contribution in [0.15, 0.2) is 40.3 Å². The van der Waals surface area contributed by atoms with Crippen molar-refractivity contribution in [2.75, 3.05) is 19.7 Å². The van der Waals surface area contributed by atoms with E-state index in [1.807, 2.05) is 13.8 Å². The number of aryl methyl sites for hydroxylation is 1. The van der Waals surface area contributed by atoms with Crippen LogP contribution < -0.4 is 0 Å². The van der Waals surface area contributed by atoms with E-state index in [9.17, 15) is 13.2 Å². The zero-order valence-corrected chi connectivity index (χ0v) is 13.9. The molecule has 2 rings (SSSR count). The molecule has 5 nitrogen and oxygen atoms in total. The molecule has 0 saturated carbocycles. The van der Waals surface area contributed by atoms with Crippen molar-refractivity contribution in [1.82, 2.24) is 4.31 Å². The Kier molecular flexibility index (Phi) is 5.03. The number of carbonyl (C=O) groups is 1. The number of benzene rings is 1. The van der Waals surface area contributed by atoms with E-state index < -0.39 is 10.0 Å². The van der Waals surface area contributed by atoms with Gasteiger partial charge in [0.1, 0.15) is 0 Å². The second-order valence-corrected chi connectivity index (χ2v) is 7.39. The monoisotopic (exact) mass is 323 g/mol. The molecule has 0 bridgehead atoms. The van der Waals surface area contributed by atoms with Gasteiger partial charge < -0.3 is 4.74 Å². The number of hydrogen-bond acceptors (Lipinski definition) is 4. The Balaban J connectivity index is 2.13. The number of carbonyl (C=O) groups excluding carboxylic acids is 1. The van der Waals surface area contributed by atoms with E-state index >= 15 is 0 Å². The van der Waals surface area contributed by atoms with Crippen molar-refractivity contribution in [2.24, 2.45) is 0 Å². The molecule has 0 atom stereocenters. The molecule has 0 N–H and O–H groups in total. The second kappa shape index (κ2) is 6.62. The fourth-order valence-corrected chi connectivity index (χ4v) is 3.87. The van der Waals surface area contributed by atoms with Gasteiger partial charge in [0.25, 0.3) is 0 Å². The molecule has 22 heavy (non-hydrogen) atoms. The number of sulfonamides is 1. The van der Waals surface area contributed by atoms with E-state index in [2.05, 4.69) is 0 Å². The van der Waals surface area contributed by atoms with Crippen LogP contribution in [0.25, 0.3) is 0 Å². The Hall–Kier alpha value is -1.66. The molecule has 0 spiro atoms. The summed E-state index contributed by atoms with van der Waals surface area (Å²) in [5.41, 5.74) is 2.76. The van der Waals surface area contributed by atoms with Gasteiger partial charge in [-0.3, -0.25) is 4.79 Å². The first-order valence-electron chi connectivity index (χ1n) is 7.24. The van der Waals surface area contributed by atoms with Crippen LogP contribution in [0.4, 0.5) is 0 Å². The summed E-state index contributed by atoms with van der Waals surface area (Å²) in [6.07, 6.45) is 0.152. The highest BCUT2D eigenvalue weighted by Gasteiger charge is 2.31. The summed E-state index contributed by atoms with van der Waals surface area (Å²) in [6, 6.07) is 6.79. The van der Waals surface area contributed by atoms with E-state index in [0.717, 1.165) is 16.7 Å². The normalized spacial score (nSPS) is 16.1. The van der Waals surface area contributed by atoms with Gasteiger partial charge in [0.15, 0.2) is 0 Å². The Morgan fingerprint density at radius 1 is 1.18 bits per heavy atom. The first-order chi connectivity index (χ1) is 10.3. The third-order valence-electron chi connectivity index (χ3n) is 3.71. The van der Waals surface area contributed by atoms with Gasteiger partial charge in [-0.1, -0.05) is 23.3 Å². The van der Waals surface area contributed by atoms with Crippen molar-refractivity contribution in [1.29, 1.82) is 0 Å². The minimum absolute atomic E-state index is 0.152. The fraction of sp³-hybridized carbons (Fsp3) is 0.438. The van der Waals surface area contributed by atoms with Gasteiger partial charge >= 0.3 is 5.97 Å². The molecular formula is C16H21NO4S. The molecule has 0 radical (unpaired) electrons. The Bertz CT molecular complexity index is 689. The Labute approximate surface area is 131 Å². The average Bonchev–Trinajstić information content (AvgIpc) is 2.81. The van der Waals surface area contributed by atoms with Gasteiger partial charge in [-0.05, 0) is 38.5 Å². The van der Waals surface area contributed by atoms with Crippen molar-refractivity contribution in [3.8, 4) is 0 Å². The molecule has 1 aliphatic heterocycles. The minimum Gasteiger partial charge on any atom is -0.466 e. The maximum absolute atomic E-state index is 12.6. The lowest BCUT2D eigenvalue weighted by Gasteiger charge is -2.17. The Morgan fingerprint density at radius 3 is 2.41 bits per heavy atom. The number of ether oxygens (including phenoxy) is 1. The molecule has 0 aliphatic carbocycles. The summed E-state index contributed by atoms with van der Waals surface area (Å²) in [6.45, 7) is 6.43. The van der Waals surface area contributed by atoms with Crippen LogP contribution in [-0.4, -0.2) is 38.4 Å². The highest BCUT2D eigenvalue weighted by Crippen LogP contribution is 2.26. The van der Waals surface area contributed by atoms with Crippen LogP contribution in [-0.2, 0) is 19.6 Å². The van der Waals surface area contributed by atoms with Gasteiger partial charge in [0.05, 0.1) is 17.9 Å². The first-order valence-corrected chi connectivity index (χ1v) is 8.68. The van der Waals surface area contributed by atoms with Crippen LogP contribution in [0, 0.1) is 6.92 Å². The highest BCUT2D eigenvalue weighted by atomic mass is 32.2. The SMILES string of the molecule is CCOC(=O)CC1=C(C)CN(S(=O)(=O)c2ccc(C)cc2)C1. The predicted molar refractivity (Wildman–Crippen MR) is 83.9 cm³/mol. The third-order valence-corrected chi connectivity index (χ3v) is 5.51. The molecule has 120 valence electrons. The van der Waals surface area contributed by atoms with Gasteiger partial charge in [-0.25, -0.2) is 8.42 Å². The zero-order chi connectivity index (χ0) is 16.3. The molecule has 1 aromatic rings. The van der Waals surface area contributed by atoms with Crippen LogP contribution in [0.3, 0.4) is 0 Å². The maximum atomic E-state index is 12.6. The van der Waals surface area contributed by atoms with Gasteiger partial charge in [0, 0.05) is 13.1 Å². The zero-order valence-electron chi connectivity index (χ0n) is 13.1. The third kappa shape index (κ3) is 3.56. The van der Waals surface area contributed by atoms with Crippen molar-refractivity contribution >= 4 is 16.0 Å². The van der Waals surface area contributed by atoms with Crippen molar-refractivity contribution in [3.05, 3.63) is 41.0 Å². The van der Waals surface area contributed by atoms with E-state index in [-0.39, 0.29) is 23.8 Å². The molecule has 0 fully saturated rings. The first kappa shape index (κ1) is 16.7. The van der Waals surface area contributed by atoms with E-state index in [0.29, 0.717) is 13.2 Å². The summed E-state index contributed by atoms with van der Waals surface area (Å²) in [5, 5.41) is 0. The number of esters is 1. The van der Waals surface area contributed by atoms with E-state index in [1.165, 1.54) is 4.31 Å². The van der Waals surface area contributed by atoms with Crippen LogP contribution in [0.1, 0.15) is 25.8 Å². The topological polar surface area (TPSA) is 63.7 Å². The molecule has 0 amide bonds. The maximum Gasteiger partial charge on any atom is 0.309 e. The van der Waals surface area contributed by atoms with E-state index in [1.54, 1.807) is 31.2 Å². The standard InChI is InChI=1S/C16H21NO4S/c1-4-21-16(18)9-14-11-17(10-13(14)3)22(19,20)15-7-5-12(2)6-8-15/h5-8H,4,9-11H2,1-3H3. The summed E-state index contributed by atoms with van der Waals surface area (Å²) < 4.78 is 31.6. The highest BCUT2D eigenvalue weighted by molar-refractivity contribution is 7.89. The lowest BCUT2D eigenvalue weighted by atomic mass is 10.1. The van der Waals surface area contributed by atoms with Crippen LogP contribution >= 0.6 is 0 Å². The number of nitrogens with zero attached hydrogens (tertiary/aromatic N) is 1. The quantitative estimate of drug-likeness (QED) is 0.616. The van der Waals surface area contributed by atoms with E-state index in [4.69, 9.17) is 4.74 Å². The summed E-state index contributed by atoms with van der Waals surface area (Å²) >= 11 is 0. The van der Waals surface area contributed by atoms with Crippen LogP contribution in [0.5, 0.6) is 0 Å². The fourth-order valence-electron chi connectivity index (χ4n) is 2.40. The van der Waals surface area contributed by atoms with Crippen LogP contribution in [0.2, 0.25) is 0 Å². The van der Waals surface area contributed by atoms with Crippen molar-refractivity contribution < 1.29 is 17.9 Å². The molecule has 6 heteroatoms. The Morgan fingerprint density at radius 2 is 1.82 bits per heavy atom. The number of rotatable bonds is 5. The second-order valence-electron chi connectivity index (χ2n) is 5.45. The summed E-state index contributed by atoms with van der Waals surface area (Å²) in [7, 11) is -3.53. The largest absolute Gasteiger partial charge is 0.466 e. The molecule has 0 saturated heterocycles. The average molecular weight is 323 g/mol. The lowest BCUT2D eigenvalue weighted by molar-refractivity contribution is -0.142. The molecule has 1 aliphatic rings. The summed E-state index contributed by atoms with van der Waals surface area (Å²) in [5.74, 6) is -0.313. The van der Waals surface area contributed by atoms with Crippen molar-refractivity contribution in [2.45, 2.75) is 32.1 Å². The van der Waals surface area contributed by atoms with Gasteiger partial charge in [-0.15, -0.1) is 0 Å². The van der Waals surface area contributed by atoms with Gasteiger partial charge in [-0.2, -0.15) is 4.31 Å².